The van der Waals surface area contributed by atoms with Gasteiger partial charge < -0.3 is 15.1 Å². The number of likely N-dealkylation sites (N-methyl/N-ethyl adjacent to an activating group) is 1. The summed E-state index contributed by atoms with van der Waals surface area (Å²) in [5.41, 5.74) is 0.410. The molecule has 0 spiro atoms. The number of nitrogens with one attached hydrogen (secondary N) is 1. The van der Waals surface area contributed by atoms with E-state index in [0.717, 1.165) is 17.8 Å². The number of anilines is 2. The van der Waals surface area contributed by atoms with Crippen LogP contribution in [-0.4, -0.2) is 67.4 Å². The monoisotopic (exact) mass is 434 g/mol. The van der Waals surface area contributed by atoms with Gasteiger partial charge in [-0.3, -0.25) is 14.5 Å². The molecular formula is C22H25F3N4O2. The van der Waals surface area contributed by atoms with Crippen molar-refractivity contribution >= 4 is 23.2 Å². The topological polar surface area (TPSA) is 55.9 Å². The standard InChI is InChI=1S/C22H25F3N4O2/c1-2-27(14-20(30)26-22-18(24)4-3-5-19(22)25)15-21(31)29-12-10-28(11-13-29)17-8-6-16(23)7-9-17/h3-9H,2,10-15H2,1H3,(H,26,30). The second kappa shape index (κ2) is 10.3. The second-order valence-corrected chi connectivity index (χ2v) is 7.29. The third kappa shape index (κ3) is 5.97. The minimum absolute atomic E-state index is 0.0280. The second-order valence-electron chi connectivity index (χ2n) is 7.29. The van der Waals surface area contributed by atoms with Crippen LogP contribution >= 0.6 is 0 Å². The molecule has 0 bridgehead atoms. The van der Waals surface area contributed by atoms with Crippen molar-refractivity contribution in [2.24, 2.45) is 0 Å². The van der Waals surface area contributed by atoms with E-state index in [2.05, 4.69) is 10.2 Å². The molecule has 2 aromatic carbocycles. The number of amides is 2. The van der Waals surface area contributed by atoms with Crippen LogP contribution in [0.1, 0.15) is 6.92 Å². The molecule has 6 nitrogen and oxygen atoms in total. The fraction of sp³-hybridized carbons (Fsp3) is 0.364. The number of carbonyl (C=O) groups excluding carboxylic acids is 2. The molecule has 1 aliphatic heterocycles. The molecule has 0 atom stereocenters. The number of rotatable bonds is 7. The van der Waals surface area contributed by atoms with Crippen molar-refractivity contribution in [1.29, 1.82) is 0 Å². The van der Waals surface area contributed by atoms with Crippen molar-refractivity contribution in [1.82, 2.24) is 9.80 Å². The van der Waals surface area contributed by atoms with Crippen LogP contribution in [0.3, 0.4) is 0 Å². The summed E-state index contributed by atoms with van der Waals surface area (Å²) in [7, 11) is 0. The first-order valence-corrected chi connectivity index (χ1v) is 10.1. The number of hydrogen-bond acceptors (Lipinski definition) is 4. The lowest BCUT2D eigenvalue weighted by molar-refractivity contribution is -0.133. The minimum atomic E-state index is -0.855. The van der Waals surface area contributed by atoms with Gasteiger partial charge in [-0.1, -0.05) is 13.0 Å². The Balaban J connectivity index is 1.49. The van der Waals surface area contributed by atoms with Crippen molar-refractivity contribution < 1.29 is 22.8 Å². The molecular weight excluding hydrogens is 409 g/mol. The Morgan fingerprint density at radius 3 is 2.13 bits per heavy atom. The molecule has 166 valence electrons. The Kier molecular flexibility index (Phi) is 7.51. The summed E-state index contributed by atoms with van der Waals surface area (Å²) in [5.74, 6) is -2.72. The smallest absolute Gasteiger partial charge is 0.238 e. The molecule has 1 fully saturated rings. The van der Waals surface area contributed by atoms with E-state index < -0.39 is 23.2 Å². The van der Waals surface area contributed by atoms with E-state index in [1.54, 1.807) is 28.9 Å². The maximum absolute atomic E-state index is 13.7. The minimum Gasteiger partial charge on any atom is -0.368 e. The number of para-hydroxylation sites is 1. The van der Waals surface area contributed by atoms with Crippen LogP contribution in [0.2, 0.25) is 0 Å². The normalized spacial score (nSPS) is 14.1. The van der Waals surface area contributed by atoms with Gasteiger partial charge in [0, 0.05) is 31.9 Å². The molecule has 1 saturated heterocycles. The highest BCUT2D eigenvalue weighted by Gasteiger charge is 2.23. The molecule has 2 amide bonds. The molecule has 0 aliphatic carbocycles. The van der Waals surface area contributed by atoms with Gasteiger partial charge in [0.15, 0.2) is 0 Å². The fourth-order valence-electron chi connectivity index (χ4n) is 3.44. The maximum atomic E-state index is 13.7. The molecule has 9 heteroatoms. The van der Waals surface area contributed by atoms with Crippen LogP contribution in [0.15, 0.2) is 42.5 Å². The van der Waals surface area contributed by atoms with Crippen molar-refractivity contribution in [3.8, 4) is 0 Å². The first-order valence-electron chi connectivity index (χ1n) is 10.1. The van der Waals surface area contributed by atoms with E-state index in [1.165, 1.54) is 18.2 Å². The summed E-state index contributed by atoms with van der Waals surface area (Å²) in [5, 5.41) is 2.24. The summed E-state index contributed by atoms with van der Waals surface area (Å²) >= 11 is 0. The van der Waals surface area contributed by atoms with E-state index in [1.807, 2.05) is 0 Å². The molecule has 31 heavy (non-hydrogen) atoms. The van der Waals surface area contributed by atoms with Crippen molar-refractivity contribution in [2.45, 2.75) is 6.92 Å². The van der Waals surface area contributed by atoms with Crippen LogP contribution in [0.4, 0.5) is 24.5 Å². The number of piperazine rings is 1. The van der Waals surface area contributed by atoms with Crippen molar-refractivity contribution in [3.63, 3.8) is 0 Å². The van der Waals surface area contributed by atoms with Gasteiger partial charge in [-0.2, -0.15) is 0 Å². The molecule has 3 rings (SSSR count). The average molecular weight is 434 g/mol. The lowest BCUT2D eigenvalue weighted by Gasteiger charge is -2.37. The number of carbonyl (C=O) groups is 2. The molecule has 1 heterocycles. The van der Waals surface area contributed by atoms with E-state index in [-0.39, 0.29) is 24.8 Å². The molecule has 1 N–H and O–H groups in total. The molecule has 0 radical (unpaired) electrons. The SMILES string of the molecule is CCN(CC(=O)Nc1c(F)cccc1F)CC(=O)N1CCN(c2ccc(F)cc2)CC1. The predicted molar refractivity (Wildman–Crippen MR) is 112 cm³/mol. The molecule has 1 aliphatic rings. The number of nitrogens with zero attached hydrogens (tertiary/aromatic N) is 3. The van der Waals surface area contributed by atoms with Gasteiger partial charge in [-0.05, 0) is 42.9 Å². The van der Waals surface area contributed by atoms with E-state index in [9.17, 15) is 22.8 Å². The molecule has 2 aromatic rings. The zero-order valence-corrected chi connectivity index (χ0v) is 17.3. The fourth-order valence-corrected chi connectivity index (χ4v) is 3.44. The average Bonchev–Trinajstić information content (AvgIpc) is 2.76. The van der Waals surface area contributed by atoms with Crippen LogP contribution in [0.5, 0.6) is 0 Å². The summed E-state index contributed by atoms with van der Waals surface area (Å²) in [6, 6.07) is 9.57. The van der Waals surface area contributed by atoms with Gasteiger partial charge in [0.2, 0.25) is 11.8 Å². The van der Waals surface area contributed by atoms with Crippen molar-refractivity contribution in [3.05, 3.63) is 59.9 Å². The maximum Gasteiger partial charge on any atom is 0.238 e. The van der Waals surface area contributed by atoms with Crippen LogP contribution < -0.4 is 10.2 Å². The molecule has 0 saturated carbocycles. The first kappa shape index (κ1) is 22.6. The highest BCUT2D eigenvalue weighted by molar-refractivity contribution is 5.92. The van der Waals surface area contributed by atoms with E-state index in [0.29, 0.717) is 32.7 Å². The Morgan fingerprint density at radius 2 is 1.55 bits per heavy atom. The summed E-state index contributed by atoms with van der Waals surface area (Å²) in [4.78, 5) is 30.3. The lowest BCUT2D eigenvalue weighted by atomic mass is 10.2. The Labute approximate surface area is 179 Å². The van der Waals surface area contributed by atoms with Gasteiger partial charge in [0.1, 0.15) is 23.1 Å². The zero-order valence-electron chi connectivity index (χ0n) is 17.3. The molecule has 0 unspecified atom stereocenters. The van der Waals surface area contributed by atoms with Gasteiger partial charge in [0.05, 0.1) is 13.1 Å². The van der Waals surface area contributed by atoms with Gasteiger partial charge in [-0.25, -0.2) is 13.2 Å². The zero-order chi connectivity index (χ0) is 22.4. The number of benzene rings is 2. The van der Waals surface area contributed by atoms with Crippen molar-refractivity contribution in [2.75, 3.05) is 56.0 Å². The largest absolute Gasteiger partial charge is 0.368 e. The Bertz CT molecular complexity index is 895. The van der Waals surface area contributed by atoms with Gasteiger partial charge in [0.25, 0.3) is 0 Å². The lowest BCUT2D eigenvalue weighted by Crippen LogP contribution is -2.51. The summed E-state index contributed by atoms with van der Waals surface area (Å²) < 4.78 is 40.5. The van der Waals surface area contributed by atoms with Crippen LogP contribution in [-0.2, 0) is 9.59 Å². The van der Waals surface area contributed by atoms with Gasteiger partial charge in [-0.15, -0.1) is 0 Å². The predicted octanol–water partition coefficient (Wildman–Crippen LogP) is 2.71. The number of halogens is 3. The summed E-state index contributed by atoms with van der Waals surface area (Å²) in [6.45, 7) is 4.37. The molecule has 0 aromatic heterocycles. The van der Waals surface area contributed by atoms with Crippen LogP contribution in [0.25, 0.3) is 0 Å². The Morgan fingerprint density at radius 1 is 0.935 bits per heavy atom. The third-order valence-electron chi connectivity index (χ3n) is 5.22. The van der Waals surface area contributed by atoms with Crippen LogP contribution in [0, 0.1) is 17.5 Å². The highest BCUT2D eigenvalue weighted by Crippen LogP contribution is 2.18. The van der Waals surface area contributed by atoms with E-state index >= 15 is 0 Å². The summed E-state index contributed by atoms with van der Waals surface area (Å²) in [6.07, 6.45) is 0. The number of hydrogen-bond donors (Lipinski definition) is 1. The Hall–Kier alpha value is -3.07. The quantitative estimate of drug-likeness (QED) is 0.728. The first-order chi connectivity index (χ1) is 14.9. The third-order valence-corrected chi connectivity index (χ3v) is 5.22. The van der Waals surface area contributed by atoms with E-state index in [4.69, 9.17) is 0 Å². The highest BCUT2D eigenvalue weighted by atomic mass is 19.1. The van der Waals surface area contributed by atoms with Gasteiger partial charge >= 0.3 is 0 Å².